The van der Waals surface area contributed by atoms with Crippen molar-refractivity contribution in [1.82, 2.24) is 5.53 Å². The van der Waals surface area contributed by atoms with Gasteiger partial charge in [0.25, 0.3) is 0 Å². The van der Waals surface area contributed by atoms with Crippen LogP contribution in [0.25, 0.3) is 0 Å². The highest BCUT2D eigenvalue weighted by molar-refractivity contribution is 6.32. The number of hydrogen-bond acceptors (Lipinski definition) is 1. The summed E-state index contributed by atoms with van der Waals surface area (Å²) in [6.07, 6.45) is 0. The van der Waals surface area contributed by atoms with Gasteiger partial charge in [0, 0.05) is 0 Å². The van der Waals surface area contributed by atoms with Crippen LogP contribution in [0.3, 0.4) is 0 Å². The van der Waals surface area contributed by atoms with E-state index in [4.69, 9.17) is 17.1 Å². The maximum Gasteiger partial charge on any atom is 0.106 e. The molecular formula is C6H4ClN2. The lowest BCUT2D eigenvalue weighted by Crippen LogP contribution is -1.64. The number of rotatable bonds is 1. The van der Waals surface area contributed by atoms with Crippen LogP contribution < -0.4 is 5.53 Å². The molecule has 9 heavy (non-hydrogen) atoms. The zero-order valence-electron chi connectivity index (χ0n) is 4.58. The second-order valence-electron chi connectivity index (χ2n) is 1.55. The first-order valence-corrected chi connectivity index (χ1v) is 2.82. The summed E-state index contributed by atoms with van der Waals surface area (Å²) in [6.45, 7) is 0. The van der Waals surface area contributed by atoms with Crippen molar-refractivity contribution >= 4 is 17.3 Å². The molecule has 0 saturated carbocycles. The van der Waals surface area contributed by atoms with E-state index in [9.17, 15) is 0 Å². The van der Waals surface area contributed by atoms with Gasteiger partial charge in [-0.25, -0.2) is 0 Å². The van der Waals surface area contributed by atoms with E-state index in [-0.39, 0.29) is 0 Å². The highest BCUT2D eigenvalue weighted by Gasteiger charge is 1.92. The summed E-state index contributed by atoms with van der Waals surface area (Å²) in [5.41, 5.74) is 8.66. The molecule has 1 rings (SSSR count). The highest BCUT2D eigenvalue weighted by Crippen LogP contribution is 2.22. The van der Waals surface area contributed by atoms with Crippen molar-refractivity contribution in [2.75, 3.05) is 0 Å². The average Bonchev–Trinajstić information content (AvgIpc) is 1.89. The van der Waals surface area contributed by atoms with E-state index in [1.54, 1.807) is 24.3 Å². The molecule has 0 unspecified atom stereocenters. The molecule has 1 aromatic carbocycles. The Kier molecular flexibility index (Phi) is 1.80. The predicted octanol–water partition coefficient (Wildman–Crippen LogP) is 2.22. The van der Waals surface area contributed by atoms with Crippen LogP contribution in [0.15, 0.2) is 29.4 Å². The van der Waals surface area contributed by atoms with E-state index in [0.29, 0.717) is 10.7 Å². The van der Waals surface area contributed by atoms with Gasteiger partial charge in [0.15, 0.2) is 0 Å². The molecule has 0 amide bonds. The lowest BCUT2D eigenvalue weighted by Gasteiger charge is -1.89. The van der Waals surface area contributed by atoms with Gasteiger partial charge in [-0.05, 0) is 17.7 Å². The third-order valence-corrected chi connectivity index (χ3v) is 1.28. The van der Waals surface area contributed by atoms with Crippen molar-refractivity contribution in [3.05, 3.63) is 29.3 Å². The topological polar surface area (TPSA) is 34.7 Å². The van der Waals surface area contributed by atoms with Gasteiger partial charge in [0.05, 0.1) is 5.02 Å². The van der Waals surface area contributed by atoms with Gasteiger partial charge in [-0.2, -0.15) is 0 Å². The Bertz CT molecular complexity index is 222. The van der Waals surface area contributed by atoms with Gasteiger partial charge in [-0.1, -0.05) is 23.7 Å². The molecule has 0 aliphatic carbocycles. The molecule has 0 aliphatic rings. The summed E-state index contributed by atoms with van der Waals surface area (Å²) in [4.78, 5) is 0. The van der Waals surface area contributed by atoms with Gasteiger partial charge in [0.2, 0.25) is 0 Å². The summed E-state index contributed by atoms with van der Waals surface area (Å²) >= 11 is 5.57. The van der Waals surface area contributed by atoms with Crippen molar-refractivity contribution in [3.63, 3.8) is 0 Å². The van der Waals surface area contributed by atoms with Crippen LogP contribution in [-0.4, -0.2) is 0 Å². The molecule has 0 spiro atoms. The SMILES string of the molecule is [N]=Nc1ccccc1Cl. The monoisotopic (exact) mass is 139 g/mol. The van der Waals surface area contributed by atoms with Crippen LogP contribution in [0, 0.1) is 0 Å². The Labute approximate surface area is 58.0 Å². The average molecular weight is 140 g/mol. The van der Waals surface area contributed by atoms with Crippen molar-refractivity contribution in [3.8, 4) is 0 Å². The summed E-state index contributed by atoms with van der Waals surface area (Å²) in [5.74, 6) is 0. The predicted molar refractivity (Wildman–Crippen MR) is 35.7 cm³/mol. The Morgan fingerprint density at radius 2 is 2.00 bits per heavy atom. The second-order valence-corrected chi connectivity index (χ2v) is 1.96. The number of benzene rings is 1. The lowest BCUT2D eigenvalue weighted by atomic mass is 10.3. The van der Waals surface area contributed by atoms with Gasteiger partial charge < -0.3 is 0 Å². The molecule has 1 aromatic rings. The van der Waals surface area contributed by atoms with Crippen LogP contribution in [0.1, 0.15) is 0 Å². The summed E-state index contributed by atoms with van der Waals surface area (Å²) in [5, 5.41) is 3.40. The maximum atomic E-state index is 8.26. The molecule has 3 heteroatoms. The van der Waals surface area contributed by atoms with Crippen molar-refractivity contribution in [2.45, 2.75) is 0 Å². The first-order valence-electron chi connectivity index (χ1n) is 2.44. The molecule has 0 fully saturated rings. The maximum absolute atomic E-state index is 8.26. The fourth-order valence-corrected chi connectivity index (χ4v) is 0.706. The van der Waals surface area contributed by atoms with Crippen molar-refractivity contribution in [2.24, 2.45) is 5.11 Å². The Morgan fingerprint density at radius 3 is 2.44 bits per heavy atom. The quantitative estimate of drug-likeness (QED) is 0.535. The van der Waals surface area contributed by atoms with Gasteiger partial charge in [-0.15, -0.1) is 5.11 Å². The molecule has 45 valence electrons. The van der Waals surface area contributed by atoms with Crippen LogP contribution in [-0.2, 0) is 0 Å². The molecule has 0 bridgehead atoms. The van der Waals surface area contributed by atoms with Gasteiger partial charge in [-0.3, -0.25) is 0 Å². The lowest BCUT2D eigenvalue weighted by molar-refractivity contribution is 1.30. The first kappa shape index (κ1) is 6.23. The molecule has 0 heterocycles. The Balaban J connectivity index is 3.15. The van der Waals surface area contributed by atoms with E-state index < -0.39 is 0 Å². The summed E-state index contributed by atoms with van der Waals surface area (Å²) in [6, 6.07) is 6.82. The summed E-state index contributed by atoms with van der Waals surface area (Å²) < 4.78 is 0. The Morgan fingerprint density at radius 1 is 1.33 bits per heavy atom. The van der Waals surface area contributed by atoms with E-state index in [1.807, 2.05) is 0 Å². The van der Waals surface area contributed by atoms with Crippen LogP contribution in [0.5, 0.6) is 0 Å². The third-order valence-electron chi connectivity index (χ3n) is 0.960. The van der Waals surface area contributed by atoms with E-state index in [0.717, 1.165) is 0 Å². The molecule has 2 nitrogen and oxygen atoms in total. The molecule has 0 saturated heterocycles. The van der Waals surface area contributed by atoms with Crippen LogP contribution >= 0.6 is 11.6 Å². The minimum atomic E-state index is 0.402. The molecular weight excluding hydrogens is 136 g/mol. The smallest absolute Gasteiger partial charge is 0.106 e. The first-order chi connectivity index (χ1) is 4.34. The standard InChI is InChI=1S/C6H4ClN2/c7-5-3-1-2-4-6(5)9-8/h1-4H. The van der Waals surface area contributed by atoms with Crippen LogP contribution in [0.4, 0.5) is 5.69 Å². The van der Waals surface area contributed by atoms with Gasteiger partial charge in [0.1, 0.15) is 5.69 Å². The largest absolute Gasteiger partial charge is 0.128 e. The molecule has 0 atom stereocenters. The van der Waals surface area contributed by atoms with Crippen molar-refractivity contribution < 1.29 is 0 Å². The molecule has 0 N–H and O–H groups in total. The highest BCUT2D eigenvalue weighted by atomic mass is 35.5. The third kappa shape index (κ3) is 1.27. The minimum Gasteiger partial charge on any atom is -0.128 e. The second kappa shape index (κ2) is 2.60. The fraction of sp³-hybridized carbons (Fsp3) is 0. The minimum absolute atomic E-state index is 0.402. The van der Waals surface area contributed by atoms with Crippen molar-refractivity contribution in [1.29, 1.82) is 0 Å². The van der Waals surface area contributed by atoms with E-state index in [1.165, 1.54) is 0 Å². The van der Waals surface area contributed by atoms with E-state index >= 15 is 0 Å². The summed E-state index contributed by atoms with van der Waals surface area (Å²) in [7, 11) is 0. The number of nitrogens with zero attached hydrogens (tertiary/aromatic N) is 2. The number of halogens is 1. The molecule has 0 aliphatic heterocycles. The zero-order valence-corrected chi connectivity index (χ0v) is 5.34. The van der Waals surface area contributed by atoms with E-state index in [2.05, 4.69) is 5.11 Å². The molecule has 1 radical (unpaired) electrons. The Hall–Kier alpha value is -0.890. The zero-order chi connectivity index (χ0) is 6.69. The van der Waals surface area contributed by atoms with Crippen LogP contribution in [0.2, 0.25) is 5.02 Å². The van der Waals surface area contributed by atoms with Gasteiger partial charge >= 0.3 is 0 Å². The molecule has 0 aromatic heterocycles. The fourth-order valence-electron chi connectivity index (χ4n) is 0.533. The number of hydrogen-bond donors (Lipinski definition) is 0. The normalized spacial score (nSPS) is 9.00.